The summed E-state index contributed by atoms with van der Waals surface area (Å²) in [4.78, 5) is 22.5. The highest BCUT2D eigenvalue weighted by Crippen LogP contribution is 2.34. The Labute approximate surface area is 302 Å². The van der Waals surface area contributed by atoms with Crippen molar-refractivity contribution in [1.29, 1.82) is 0 Å². The maximum atomic E-state index is 14.4. The Kier molecular flexibility index (Phi) is 12.8. The number of benzene rings is 2. The van der Waals surface area contributed by atoms with Gasteiger partial charge >= 0.3 is 12.5 Å². The predicted molar refractivity (Wildman–Crippen MR) is 183 cm³/mol. The fraction of sp³-hybridized carbons (Fsp3) is 0.486. The fourth-order valence-electron chi connectivity index (χ4n) is 5.65. The van der Waals surface area contributed by atoms with Crippen molar-refractivity contribution in [3.63, 3.8) is 0 Å². The molecule has 3 heterocycles. The third-order valence-corrected chi connectivity index (χ3v) is 8.08. The number of rotatable bonds is 14. The fourth-order valence-corrected chi connectivity index (χ4v) is 5.79. The van der Waals surface area contributed by atoms with E-state index in [1.54, 1.807) is 39.2 Å². The van der Waals surface area contributed by atoms with Crippen LogP contribution in [0.5, 0.6) is 5.75 Å². The van der Waals surface area contributed by atoms with Crippen molar-refractivity contribution in [2.75, 3.05) is 38.2 Å². The van der Waals surface area contributed by atoms with Crippen LogP contribution in [0.3, 0.4) is 0 Å². The van der Waals surface area contributed by atoms with Crippen LogP contribution in [0.25, 0.3) is 22.2 Å². The predicted octanol–water partition coefficient (Wildman–Crippen LogP) is 8.67. The highest BCUT2D eigenvalue weighted by molar-refractivity contribution is 6.28. The van der Waals surface area contributed by atoms with E-state index in [0.29, 0.717) is 57.0 Å². The number of hydrogen-bond acceptors (Lipinski definition) is 9. The molecule has 4 aromatic rings. The number of amides is 1. The number of hydrogen-bond donors (Lipinski definition) is 1. The Morgan fingerprint density at radius 1 is 1.10 bits per heavy atom. The smallest absolute Gasteiger partial charge is 0.444 e. The summed E-state index contributed by atoms with van der Waals surface area (Å²) < 4.78 is 89.1. The molecule has 5 rings (SSSR count). The van der Waals surface area contributed by atoms with Crippen LogP contribution in [-0.4, -0.2) is 75.6 Å². The summed E-state index contributed by atoms with van der Waals surface area (Å²) >= 11 is 6.09. The van der Waals surface area contributed by atoms with Crippen molar-refractivity contribution < 1.29 is 45.7 Å². The average molecular weight is 755 g/mol. The van der Waals surface area contributed by atoms with E-state index in [9.17, 15) is 26.7 Å². The summed E-state index contributed by atoms with van der Waals surface area (Å²) in [5.74, 6) is -4.66. The van der Waals surface area contributed by atoms with Gasteiger partial charge < -0.3 is 29.2 Å². The van der Waals surface area contributed by atoms with E-state index in [4.69, 9.17) is 25.8 Å². The van der Waals surface area contributed by atoms with Crippen molar-refractivity contribution in [1.82, 2.24) is 24.6 Å². The van der Waals surface area contributed by atoms with Crippen LogP contribution in [0.1, 0.15) is 64.7 Å². The molecule has 1 amide bonds. The summed E-state index contributed by atoms with van der Waals surface area (Å²) in [6, 6.07) is 7.14. The summed E-state index contributed by atoms with van der Waals surface area (Å²) in [5.41, 5.74) is 2.25. The van der Waals surface area contributed by atoms with Crippen molar-refractivity contribution >= 4 is 34.3 Å². The van der Waals surface area contributed by atoms with Crippen molar-refractivity contribution in [2.45, 2.75) is 77.6 Å². The summed E-state index contributed by atoms with van der Waals surface area (Å²) in [7, 11) is 0. The number of carbonyl (C=O) groups is 1. The van der Waals surface area contributed by atoms with Gasteiger partial charge in [-0.15, -0.1) is 13.2 Å². The van der Waals surface area contributed by atoms with Crippen LogP contribution >= 0.6 is 11.6 Å². The van der Waals surface area contributed by atoms with Crippen LogP contribution in [0.4, 0.5) is 32.4 Å². The first kappa shape index (κ1) is 38.9. The number of nitrogens with one attached hydrogen (secondary N) is 1. The standard InChI is InChI=1S/C35H40ClF5N6O5/c1-34(2,3)52-33(48)46(21-22-16-25(37)31(26(38)17-22)51-35(39,40)41)12-5-7-13-49-15-11-42-28-18-23(27-9-10-43-32(36)45-27)19-29-24(28)20-44-47(29)30-8-4-6-14-50-30/h9-10,16-20,30,42H,4-8,11-15,21H2,1-3H3. The number of aromatic nitrogens is 4. The van der Waals surface area contributed by atoms with Gasteiger partial charge in [0.1, 0.15) is 5.60 Å². The molecule has 2 aromatic carbocycles. The van der Waals surface area contributed by atoms with Gasteiger partial charge in [0.2, 0.25) is 11.0 Å². The molecule has 0 radical (unpaired) electrons. The van der Waals surface area contributed by atoms with E-state index in [-0.39, 0.29) is 30.2 Å². The minimum atomic E-state index is -5.27. The van der Waals surface area contributed by atoms with Gasteiger partial charge in [-0.25, -0.2) is 28.2 Å². The SMILES string of the molecule is CC(C)(C)OC(=O)N(CCCCOCCNc1cc(-c2ccnc(Cl)n2)cc2c1cnn2C1CCCCO1)Cc1cc(F)c(OC(F)(F)F)c(F)c1. The largest absolute Gasteiger partial charge is 0.573 e. The quantitative estimate of drug-likeness (QED) is 0.0768. The summed E-state index contributed by atoms with van der Waals surface area (Å²) in [6.07, 6.45) is 1.10. The average Bonchev–Trinajstić information content (AvgIpc) is 3.50. The highest BCUT2D eigenvalue weighted by atomic mass is 35.5. The molecular formula is C35H40ClF5N6O5. The molecule has 0 aliphatic carbocycles. The van der Waals surface area contributed by atoms with E-state index in [1.165, 1.54) is 4.90 Å². The van der Waals surface area contributed by atoms with Gasteiger partial charge in [0, 0.05) is 55.7 Å². The van der Waals surface area contributed by atoms with Gasteiger partial charge in [0.05, 0.1) is 24.0 Å². The zero-order valence-corrected chi connectivity index (χ0v) is 29.7. The van der Waals surface area contributed by atoms with E-state index < -0.39 is 35.4 Å². The summed E-state index contributed by atoms with van der Waals surface area (Å²) in [6.45, 7) is 6.66. The second-order valence-corrected chi connectivity index (χ2v) is 13.5. The molecule has 0 bridgehead atoms. The Morgan fingerprint density at radius 2 is 1.87 bits per heavy atom. The van der Waals surface area contributed by atoms with E-state index in [0.717, 1.165) is 41.4 Å². The third-order valence-electron chi connectivity index (χ3n) is 7.90. The molecule has 0 spiro atoms. The maximum Gasteiger partial charge on any atom is 0.573 e. The Hall–Kier alpha value is -4.28. The first-order valence-electron chi connectivity index (χ1n) is 16.8. The molecule has 1 atom stereocenters. The molecule has 17 heteroatoms. The number of fused-ring (bicyclic) bond motifs is 1. The second-order valence-electron chi connectivity index (χ2n) is 13.2. The van der Waals surface area contributed by atoms with Gasteiger partial charge in [-0.3, -0.25) is 0 Å². The van der Waals surface area contributed by atoms with Crippen LogP contribution in [-0.2, 0) is 20.8 Å². The van der Waals surface area contributed by atoms with Crippen molar-refractivity contribution in [3.8, 4) is 17.0 Å². The van der Waals surface area contributed by atoms with Gasteiger partial charge in [-0.2, -0.15) is 5.10 Å². The summed E-state index contributed by atoms with van der Waals surface area (Å²) in [5, 5.41) is 9.12. The van der Waals surface area contributed by atoms with E-state index in [2.05, 4.69) is 25.1 Å². The molecule has 1 aliphatic heterocycles. The first-order valence-corrected chi connectivity index (χ1v) is 17.2. The minimum Gasteiger partial charge on any atom is -0.444 e. The molecule has 282 valence electrons. The molecule has 1 unspecified atom stereocenters. The lowest BCUT2D eigenvalue weighted by Gasteiger charge is -2.27. The lowest BCUT2D eigenvalue weighted by Crippen LogP contribution is -2.37. The molecule has 2 aromatic heterocycles. The van der Waals surface area contributed by atoms with E-state index >= 15 is 0 Å². The lowest BCUT2D eigenvalue weighted by molar-refractivity contribution is -0.276. The van der Waals surface area contributed by atoms with Gasteiger partial charge in [0.15, 0.2) is 17.9 Å². The molecular weight excluding hydrogens is 715 g/mol. The van der Waals surface area contributed by atoms with Crippen LogP contribution in [0, 0.1) is 11.6 Å². The number of anilines is 1. The minimum absolute atomic E-state index is 0.0736. The number of alkyl halides is 3. The van der Waals surface area contributed by atoms with Gasteiger partial charge in [0.25, 0.3) is 0 Å². The van der Waals surface area contributed by atoms with Crippen molar-refractivity contribution in [2.24, 2.45) is 0 Å². The molecule has 1 N–H and O–H groups in total. The van der Waals surface area contributed by atoms with E-state index in [1.807, 2.05) is 16.8 Å². The van der Waals surface area contributed by atoms with Crippen molar-refractivity contribution in [3.05, 3.63) is 65.2 Å². The van der Waals surface area contributed by atoms with Crippen LogP contribution in [0.2, 0.25) is 5.28 Å². The lowest BCUT2D eigenvalue weighted by atomic mass is 10.1. The number of carbonyl (C=O) groups excluding carboxylic acids is 1. The highest BCUT2D eigenvalue weighted by Gasteiger charge is 2.34. The van der Waals surface area contributed by atoms with Gasteiger partial charge in [-0.05, 0) is 100 Å². The second kappa shape index (κ2) is 17.0. The number of ether oxygens (including phenoxy) is 4. The molecule has 1 fully saturated rings. The Balaban J connectivity index is 1.17. The monoisotopic (exact) mass is 754 g/mol. The Morgan fingerprint density at radius 3 is 2.54 bits per heavy atom. The first-order chi connectivity index (χ1) is 24.7. The van der Waals surface area contributed by atoms with Crippen LogP contribution in [0.15, 0.2) is 42.7 Å². The zero-order valence-electron chi connectivity index (χ0n) is 28.9. The molecule has 1 aliphatic rings. The zero-order chi connectivity index (χ0) is 37.5. The molecule has 11 nitrogen and oxygen atoms in total. The third kappa shape index (κ3) is 10.9. The normalized spacial score (nSPS) is 15.1. The maximum absolute atomic E-state index is 14.4. The topological polar surface area (TPSA) is 113 Å². The molecule has 1 saturated heterocycles. The number of nitrogens with zero attached hydrogens (tertiary/aromatic N) is 5. The van der Waals surface area contributed by atoms with Gasteiger partial charge in [-0.1, -0.05) is 0 Å². The van der Waals surface area contributed by atoms with Crippen LogP contribution < -0.4 is 10.1 Å². The Bertz CT molecular complexity index is 1810. The molecule has 0 saturated carbocycles. The number of unbranched alkanes of at least 4 members (excludes halogenated alkanes) is 1. The number of halogens is 6. The molecule has 52 heavy (non-hydrogen) atoms.